The van der Waals surface area contributed by atoms with E-state index >= 15 is 0 Å². The van der Waals surface area contributed by atoms with Gasteiger partial charge in [-0.25, -0.2) is 4.39 Å². The van der Waals surface area contributed by atoms with Gasteiger partial charge in [-0.2, -0.15) is 0 Å². The van der Waals surface area contributed by atoms with Crippen molar-refractivity contribution in [2.75, 3.05) is 38.2 Å². The minimum Gasteiger partial charge on any atom is -0.494 e. The van der Waals surface area contributed by atoms with Crippen LogP contribution < -0.4 is 9.64 Å². The van der Waals surface area contributed by atoms with E-state index in [1.54, 1.807) is 13.2 Å². The third-order valence-corrected chi connectivity index (χ3v) is 4.90. The Balaban J connectivity index is 1.41. The number of para-hydroxylation sites is 1. The van der Waals surface area contributed by atoms with Gasteiger partial charge in [0.1, 0.15) is 11.6 Å². The maximum Gasteiger partial charge on any atom is 0.145 e. The molecule has 0 amide bonds. The highest BCUT2D eigenvalue weighted by molar-refractivity contribution is 5.78. The van der Waals surface area contributed by atoms with Crippen molar-refractivity contribution in [3.05, 3.63) is 66.1 Å². The van der Waals surface area contributed by atoms with Crippen LogP contribution >= 0.6 is 0 Å². The standard InChI is InChI=1S/C21H22FN3O/c1-26-21-14-17(22)7-9-20(21)25-12-10-24(11-13-25)15-18-8-6-16-4-2-3-5-19(16)23-18/h2-9,14H,10-13,15H2,1H3. The van der Waals surface area contributed by atoms with Gasteiger partial charge >= 0.3 is 0 Å². The zero-order valence-electron chi connectivity index (χ0n) is 14.9. The molecule has 5 heteroatoms. The first kappa shape index (κ1) is 16.8. The first-order valence-electron chi connectivity index (χ1n) is 8.88. The van der Waals surface area contributed by atoms with Gasteiger partial charge in [0.05, 0.1) is 24.0 Å². The van der Waals surface area contributed by atoms with E-state index in [2.05, 4.69) is 34.1 Å². The van der Waals surface area contributed by atoms with Crippen LogP contribution in [-0.4, -0.2) is 43.2 Å². The molecule has 1 saturated heterocycles. The third kappa shape index (κ3) is 3.48. The molecule has 0 radical (unpaired) electrons. The van der Waals surface area contributed by atoms with Crippen LogP contribution in [0.1, 0.15) is 5.69 Å². The number of hydrogen-bond donors (Lipinski definition) is 0. The van der Waals surface area contributed by atoms with Gasteiger partial charge in [0.2, 0.25) is 0 Å². The molecule has 1 fully saturated rings. The molecule has 0 bridgehead atoms. The molecule has 3 aromatic rings. The predicted octanol–water partition coefficient (Wildman–Crippen LogP) is 3.70. The summed E-state index contributed by atoms with van der Waals surface area (Å²) in [5, 5.41) is 1.17. The van der Waals surface area contributed by atoms with Gasteiger partial charge in [-0.15, -0.1) is 0 Å². The van der Waals surface area contributed by atoms with Gasteiger partial charge < -0.3 is 9.64 Å². The molecule has 26 heavy (non-hydrogen) atoms. The van der Waals surface area contributed by atoms with Gasteiger partial charge in [-0.05, 0) is 24.3 Å². The molecule has 0 spiro atoms. The highest BCUT2D eigenvalue weighted by Gasteiger charge is 2.20. The summed E-state index contributed by atoms with van der Waals surface area (Å²) in [6.07, 6.45) is 0. The molecular weight excluding hydrogens is 329 g/mol. The van der Waals surface area contributed by atoms with E-state index < -0.39 is 0 Å². The normalized spacial score (nSPS) is 15.4. The summed E-state index contributed by atoms with van der Waals surface area (Å²) >= 11 is 0. The van der Waals surface area contributed by atoms with Crippen molar-refractivity contribution in [1.82, 2.24) is 9.88 Å². The molecule has 0 unspecified atom stereocenters. The summed E-state index contributed by atoms with van der Waals surface area (Å²) in [6, 6.07) is 17.2. The number of rotatable bonds is 4. The fraction of sp³-hybridized carbons (Fsp3) is 0.286. The van der Waals surface area contributed by atoms with Crippen LogP contribution in [0.4, 0.5) is 10.1 Å². The molecule has 4 rings (SSSR count). The number of aromatic nitrogens is 1. The summed E-state index contributed by atoms with van der Waals surface area (Å²) in [4.78, 5) is 9.43. The lowest BCUT2D eigenvalue weighted by molar-refractivity contribution is 0.246. The Bertz CT molecular complexity index is 907. The zero-order valence-corrected chi connectivity index (χ0v) is 14.9. The van der Waals surface area contributed by atoms with Crippen molar-refractivity contribution >= 4 is 16.6 Å². The second-order valence-electron chi connectivity index (χ2n) is 6.57. The highest BCUT2D eigenvalue weighted by Crippen LogP contribution is 2.29. The zero-order chi connectivity index (χ0) is 17.9. The van der Waals surface area contributed by atoms with E-state index in [0.717, 1.165) is 49.6 Å². The van der Waals surface area contributed by atoms with Crippen molar-refractivity contribution in [2.45, 2.75) is 6.54 Å². The molecule has 0 aliphatic carbocycles. The van der Waals surface area contributed by atoms with Crippen molar-refractivity contribution < 1.29 is 9.13 Å². The van der Waals surface area contributed by atoms with E-state index in [9.17, 15) is 4.39 Å². The van der Waals surface area contributed by atoms with Crippen LogP contribution in [0.2, 0.25) is 0 Å². The maximum absolute atomic E-state index is 13.4. The van der Waals surface area contributed by atoms with Gasteiger partial charge in [0, 0.05) is 44.2 Å². The Morgan fingerprint density at radius 2 is 1.81 bits per heavy atom. The molecule has 0 saturated carbocycles. The van der Waals surface area contributed by atoms with Crippen LogP contribution in [0, 0.1) is 5.82 Å². The van der Waals surface area contributed by atoms with Gasteiger partial charge in [-0.1, -0.05) is 24.3 Å². The summed E-state index contributed by atoms with van der Waals surface area (Å²) < 4.78 is 18.7. The third-order valence-electron chi connectivity index (χ3n) is 4.90. The number of hydrogen-bond acceptors (Lipinski definition) is 4. The number of pyridine rings is 1. The smallest absolute Gasteiger partial charge is 0.145 e. The van der Waals surface area contributed by atoms with Gasteiger partial charge in [-0.3, -0.25) is 9.88 Å². The molecule has 2 heterocycles. The lowest BCUT2D eigenvalue weighted by Crippen LogP contribution is -2.46. The minimum absolute atomic E-state index is 0.272. The number of benzene rings is 2. The van der Waals surface area contributed by atoms with Gasteiger partial charge in [0.25, 0.3) is 0 Å². The fourth-order valence-corrected chi connectivity index (χ4v) is 3.48. The first-order chi connectivity index (χ1) is 12.7. The SMILES string of the molecule is COc1cc(F)ccc1N1CCN(Cc2ccc3ccccc3n2)CC1. The van der Waals surface area contributed by atoms with E-state index in [1.165, 1.54) is 17.5 Å². The molecule has 1 aliphatic rings. The monoisotopic (exact) mass is 351 g/mol. The molecule has 1 aromatic heterocycles. The average molecular weight is 351 g/mol. The number of methoxy groups -OCH3 is 1. The number of ether oxygens (including phenoxy) is 1. The molecule has 4 nitrogen and oxygen atoms in total. The minimum atomic E-state index is -0.272. The largest absolute Gasteiger partial charge is 0.494 e. The Kier molecular flexibility index (Phi) is 4.71. The quantitative estimate of drug-likeness (QED) is 0.717. The summed E-state index contributed by atoms with van der Waals surface area (Å²) in [6.45, 7) is 4.49. The van der Waals surface area contributed by atoms with Crippen molar-refractivity contribution in [2.24, 2.45) is 0 Å². The molecule has 0 N–H and O–H groups in total. The van der Waals surface area contributed by atoms with Crippen LogP contribution in [0.5, 0.6) is 5.75 Å². The summed E-state index contributed by atoms with van der Waals surface area (Å²) in [7, 11) is 1.58. The lowest BCUT2D eigenvalue weighted by Gasteiger charge is -2.36. The Morgan fingerprint density at radius 1 is 1.00 bits per heavy atom. The number of fused-ring (bicyclic) bond motifs is 1. The van der Waals surface area contributed by atoms with Crippen molar-refractivity contribution in [3.8, 4) is 5.75 Å². The maximum atomic E-state index is 13.4. The fourth-order valence-electron chi connectivity index (χ4n) is 3.48. The van der Waals surface area contributed by atoms with Crippen LogP contribution in [0.3, 0.4) is 0 Å². The summed E-state index contributed by atoms with van der Waals surface area (Å²) in [5.41, 5.74) is 3.09. The topological polar surface area (TPSA) is 28.6 Å². The van der Waals surface area contributed by atoms with E-state index in [0.29, 0.717) is 5.75 Å². The molecule has 0 atom stereocenters. The molecular formula is C21H22FN3O. The predicted molar refractivity (Wildman–Crippen MR) is 102 cm³/mol. The van der Waals surface area contributed by atoms with Crippen LogP contribution in [0.25, 0.3) is 10.9 Å². The van der Waals surface area contributed by atoms with Gasteiger partial charge in [0.15, 0.2) is 0 Å². The summed E-state index contributed by atoms with van der Waals surface area (Å²) in [5.74, 6) is 0.321. The highest BCUT2D eigenvalue weighted by atomic mass is 19.1. The number of nitrogens with zero attached hydrogens (tertiary/aromatic N) is 3. The second kappa shape index (κ2) is 7.30. The number of halogens is 1. The first-order valence-corrected chi connectivity index (χ1v) is 8.88. The van der Waals surface area contributed by atoms with Crippen molar-refractivity contribution in [3.63, 3.8) is 0 Å². The lowest BCUT2D eigenvalue weighted by atomic mass is 10.2. The van der Waals surface area contributed by atoms with Crippen LogP contribution in [0.15, 0.2) is 54.6 Å². The van der Waals surface area contributed by atoms with E-state index in [4.69, 9.17) is 9.72 Å². The Morgan fingerprint density at radius 3 is 2.62 bits per heavy atom. The second-order valence-corrected chi connectivity index (χ2v) is 6.57. The Hall–Kier alpha value is -2.66. The average Bonchev–Trinajstić information content (AvgIpc) is 2.68. The van der Waals surface area contributed by atoms with E-state index in [-0.39, 0.29) is 5.82 Å². The van der Waals surface area contributed by atoms with E-state index in [1.807, 2.05) is 12.1 Å². The number of piperazine rings is 1. The number of anilines is 1. The molecule has 1 aliphatic heterocycles. The molecule has 134 valence electrons. The van der Waals surface area contributed by atoms with Crippen molar-refractivity contribution in [1.29, 1.82) is 0 Å². The molecule has 2 aromatic carbocycles. The van der Waals surface area contributed by atoms with Crippen LogP contribution in [-0.2, 0) is 6.54 Å². The Labute approximate surface area is 152 Å².